The Morgan fingerprint density at radius 1 is 1.38 bits per heavy atom. The van der Waals surface area contributed by atoms with Crippen LogP contribution >= 0.6 is 0 Å². The SMILES string of the molecule is CCN(CCC(=O)O)C(=O)C(C)(CC)OC. The van der Waals surface area contributed by atoms with Gasteiger partial charge in [0, 0.05) is 20.2 Å². The fourth-order valence-electron chi connectivity index (χ4n) is 1.35. The summed E-state index contributed by atoms with van der Waals surface area (Å²) in [4.78, 5) is 24.1. The number of hydrogen-bond donors (Lipinski definition) is 1. The molecular formula is C11H21NO4. The number of carbonyl (C=O) groups is 2. The lowest BCUT2D eigenvalue weighted by atomic mass is 10.0. The van der Waals surface area contributed by atoms with Crippen LogP contribution in [0.5, 0.6) is 0 Å². The van der Waals surface area contributed by atoms with Crippen LogP contribution in [0.2, 0.25) is 0 Å². The Bertz CT molecular complexity index is 248. The summed E-state index contributed by atoms with van der Waals surface area (Å²) in [5.41, 5.74) is -0.853. The third-order valence-corrected chi connectivity index (χ3v) is 2.84. The van der Waals surface area contributed by atoms with Gasteiger partial charge in [-0.2, -0.15) is 0 Å². The van der Waals surface area contributed by atoms with Crippen LogP contribution in [0.15, 0.2) is 0 Å². The summed E-state index contributed by atoms with van der Waals surface area (Å²) < 4.78 is 5.20. The molecule has 1 N–H and O–H groups in total. The van der Waals surface area contributed by atoms with Crippen LogP contribution in [0.1, 0.15) is 33.6 Å². The zero-order valence-electron chi connectivity index (χ0n) is 10.4. The van der Waals surface area contributed by atoms with Gasteiger partial charge in [-0.05, 0) is 20.3 Å². The highest BCUT2D eigenvalue weighted by atomic mass is 16.5. The molecule has 0 aromatic carbocycles. The number of ether oxygens (including phenoxy) is 1. The number of hydrogen-bond acceptors (Lipinski definition) is 3. The van der Waals surface area contributed by atoms with E-state index in [1.165, 1.54) is 12.0 Å². The Morgan fingerprint density at radius 3 is 2.25 bits per heavy atom. The minimum atomic E-state index is -0.901. The summed E-state index contributed by atoms with van der Waals surface area (Å²) in [6.07, 6.45) is 0.523. The molecule has 0 radical (unpaired) electrons. The highest BCUT2D eigenvalue weighted by molar-refractivity contribution is 5.85. The first-order valence-electron chi connectivity index (χ1n) is 5.47. The van der Waals surface area contributed by atoms with Crippen molar-refractivity contribution in [2.75, 3.05) is 20.2 Å². The molecular weight excluding hydrogens is 210 g/mol. The minimum absolute atomic E-state index is 0.0386. The molecule has 0 saturated heterocycles. The van der Waals surface area contributed by atoms with Gasteiger partial charge >= 0.3 is 5.97 Å². The Balaban J connectivity index is 4.57. The van der Waals surface area contributed by atoms with Gasteiger partial charge in [0.1, 0.15) is 5.60 Å². The van der Waals surface area contributed by atoms with E-state index >= 15 is 0 Å². The second kappa shape index (κ2) is 6.48. The third kappa shape index (κ3) is 3.81. The first kappa shape index (κ1) is 14.9. The average Bonchev–Trinajstić information content (AvgIpc) is 2.28. The molecule has 5 nitrogen and oxygen atoms in total. The second-order valence-electron chi connectivity index (χ2n) is 3.82. The molecule has 0 aliphatic rings. The maximum Gasteiger partial charge on any atom is 0.305 e. The predicted molar refractivity (Wildman–Crippen MR) is 60.2 cm³/mol. The van der Waals surface area contributed by atoms with Crippen molar-refractivity contribution in [1.29, 1.82) is 0 Å². The smallest absolute Gasteiger partial charge is 0.305 e. The van der Waals surface area contributed by atoms with E-state index in [4.69, 9.17) is 9.84 Å². The fourth-order valence-corrected chi connectivity index (χ4v) is 1.35. The Hall–Kier alpha value is -1.10. The lowest BCUT2D eigenvalue weighted by Gasteiger charge is -2.32. The fraction of sp³-hybridized carbons (Fsp3) is 0.818. The number of rotatable bonds is 7. The number of carboxylic acids is 1. The number of carboxylic acid groups (broad SMARTS) is 1. The number of likely N-dealkylation sites (N-methyl/N-ethyl adjacent to an activating group) is 1. The van der Waals surface area contributed by atoms with E-state index in [1.54, 1.807) is 6.92 Å². The molecule has 1 atom stereocenters. The van der Waals surface area contributed by atoms with Crippen LogP contribution in [-0.4, -0.2) is 47.7 Å². The predicted octanol–water partition coefficient (Wildman–Crippen LogP) is 1.12. The Morgan fingerprint density at radius 2 is 1.94 bits per heavy atom. The zero-order chi connectivity index (χ0) is 12.8. The van der Waals surface area contributed by atoms with Gasteiger partial charge in [0.15, 0.2) is 0 Å². The zero-order valence-corrected chi connectivity index (χ0v) is 10.4. The maximum atomic E-state index is 12.1. The van der Waals surface area contributed by atoms with Crippen molar-refractivity contribution in [3.05, 3.63) is 0 Å². The first-order chi connectivity index (χ1) is 7.41. The van der Waals surface area contributed by atoms with E-state index in [1.807, 2.05) is 13.8 Å². The van der Waals surface area contributed by atoms with Crippen molar-refractivity contribution in [1.82, 2.24) is 4.90 Å². The van der Waals surface area contributed by atoms with Crippen molar-refractivity contribution in [2.24, 2.45) is 0 Å². The van der Waals surface area contributed by atoms with Crippen molar-refractivity contribution in [3.63, 3.8) is 0 Å². The lowest BCUT2D eigenvalue weighted by molar-refractivity contribution is -0.153. The summed E-state index contributed by atoms with van der Waals surface area (Å²) in [5, 5.41) is 8.59. The standard InChI is InChI=1S/C11H21NO4/c1-5-11(3,16-4)10(15)12(6-2)8-7-9(13)14/h5-8H2,1-4H3,(H,13,14). The van der Waals surface area contributed by atoms with Gasteiger partial charge in [0.05, 0.1) is 6.42 Å². The molecule has 5 heteroatoms. The number of methoxy groups -OCH3 is 1. The minimum Gasteiger partial charge on any atom is -0.481 e. The topological polar surface area (TPSA) is 66.8 Å². The molecule has 0 heterocycles. The molecule has 0 bridgehead atoms. The van der Waals surface area contributed by atoms with Crippen molar-refractivity contribution < 1.29 is 19.4 Å². The van der Waals surface area contributed by atoms with E-state index in [2.05, 4.69) is 0 Å². The molecule has 0 aliphatic heterocycles. The first-order valence-corrected chi connectivity index (χ1v) is 5.47. The highest BCUT2D eigenvalue weighted by Gasteiger charge is 2.34. The van der Waals surface area contributed by atoms with Crippen LogP contribution in [0, 0.1) is 0 Å². The van der Waals surface area contributed by atoms with E-state index in [9.17, 15) is 9.59 Å². The van der Waals surface area contributed by atoms with Gasteiger partial charge in [-0.1, -0.05) is 6.92 Å². The van der Waals surface area contributed by atoms with Gasteiger partial charge in [0.25, 0.3) is 5.91 Å². The van der Waals surface area contributed by atoms with Crippen molar-refractivity contribution in [3.8, 4) is 0 Å². The molecule has 0 rings (SSSR count). The summed E-state index contributed by atoms with van der Waals surface area (Å²) in [6, 6.07) is 0. The van der Waals surface area contributed by atoms with Crippen LogP contribution in [0.25, 0.3) is 0 Å². The molecule has 0 fully saturated rings. The van der Waals surface area contributed by atoms with E-state index < -0.39 is 11.6 Å². The average molecular weight is 231 g/mol. The Kier molecular flexibility index (Phi) is 6.03. The van der Waals surface area contributed by atoms with Crippen LogP contribution < -0.4 is 0 Å². The van der Waals surface area contributed by atoms with E-state index in [0.717, 1.165) is 0 Å². The molecule has 16 heavy (non-hydrogen) atoms. The van der Waals surface area contributed by atoms with Gasteiger partial charge < -0.3 is 14.7 Å². The molecule has 1 amide bonds. The molecule has 0 aromatic heterocycles. The third-order valence-electron chi connectivity index (χ3n) is 2.84. The van der Waals surface area contributed by atoms with Gasteiger partial charge in [0.2, 0.25) is 0 Å². The quantitative estimate of drug-likeness (QED) is 0.713. The van der Waals surface area contributed by atoms with E-state index in [0.29, 0.717) is 13.0 Å². The van der Waals surface area contributed by atoms with Gasteiger partial charge in [-0.3, -0.25) is 9.59 Å². The highest BCUT2D eigenvalue weighted by Crippen LogP contribution is 2.17. The molecule has 0 aromatic rings. The summed E-state index contributed by atoms with van der Waals surface area (Å²) in [7, 11) is 1.49. The number of nitrogens with zero attached hydrogens (tertiary/aromatic N) is 1. The molecule has 1 unspecified atom stereocenters. The second-order valence-corrected chi connectivity index (χ2v) is 3.82. The largest absolute Gasteiger partial charge is 0.481 e. The van der Waals surface area contributed by atoms with Gasteiger partial charge in [-0.25, -0.2) is 0 Å². The normalized spacial score (nSPS) is 14.2. The van der Waals surface area contributed by atoms with Crippen LogP contribution in [0.3, 0.4) is 0 Å². The maximum absolute atomic E-state index is 12.1. The molecule has 0 saturated carbocycles. The Labute approximate surface area is 96.4 Å². The molecule has 0 aliphatic carbocycles. The monoisotopic (exact) mass is 231 g/mol. The summed E-state index contributed by atoms with van der Waals surface area (Å²) in [6.45, 7) is 6.13. The number of amides is 1. The van der Waals surface area contributed by atoms with Gasteiger partial charge in [-0.15, -0.1) is 0 Å². The van der Waals surface area contributed by atoms with Crippen LogP contribution in [0.4, 0.5) is 0 Å². The lowest BCUT2D eigenvalue weighted by Crippen LogP contribution is -2.48. The summed E-state index contributed by atoms with van der Waals surface area (Å²) >= 11 is 0. The van der Waals surface area contributed by atoms with Crippen molar-refractivity contribution >= 4 is 11.9 Å². The number of aliphatic carboxylic acids is 1. The summed E-state index contributed by atoms with van der Waals surface area (Å²) in [5.74, 6) is -1.05. The van der Waals surface area contributed by atoms with Crippen molar-refractivity contribution in [2.45, 2.75) is 39.2 Å². The van der Waals surface area contributed by atoms with E-state index in [-0.39, 0.29) is 18.9 Å². The van der Waals surface area contributed by atoms with Crippen LogP contribution in [-0.2, 0) is 14.3 Å². The molecule has 0 spiro atoms. The molecule has 94 valence electrons. The number of carbonyl (C=O) groups excluding carboxylic acids is 1.